The minimum atomic E-state index is -5.10. The Labute approximate surface area is 113 Å². The van der Waals surface area contributed by atoms with Crippen molar-refractivity contribution in [2.45, 2.75) is 44.1 Å². The van der Waals surface area contributed by atoms with E-state index in [1.54, 1.807) is 6.92 Å². The summed E-state index contributed by atoms with van der Waals surface area (Å²) in [5, 5.41) is 10.3. The first-order valence-corrected chi connectivity index (χ1v) is 5.97. The maximum atomic E-state index is 12.8. The van der Waals surface area contributed by atoms with E-state index >= 15 is 0 Å². The normalized spacial score (nSPS) is 25.9. The molecular formula is C11H17F3N2O4. The highest BCUT2D eigenvalue weighted by Gasteiger charge is 2.59. The van der Waals surface area contributed by atoms with Gasteiger partial charge in [0.1, 0.15) is 0 Å². The summed E-state index contributed by atoms with van der Waals surface area (Å²) in [6.45, 7) is 2.51. The van der Waals surface area contributed by atoms with E-state index in [4.69, 9.17) is 9.84 Å². The minimum Gasteiger partial charge on any atom is -0.479 e. The zero-order valence-corrected chi connectivity index (χ0v) is 11.3. The smallest absolute Gasteiger partial charge is 0.422 e. The van der Waals surface area contributed by atoms with Crippen LogP contribution in [0.15, 0.2) is 0 Å². The van der Waals surface area contributed by atoms with Gasteiger partial charge in [0.05, 0.1) is 12.1 Å². The number of alkyl halides is 3. The first-order valence-electron chi connectivity index (χ1n) is 5.97. The van der Waals surface area contributed by atoms with Crippen LogP contribution in [-0.2, 0) is 9.53 Å². The van der Waals surface area contributed by atoms with E-state index in [0.717, 1.165) is 4.90 Å². The molecule has 0 saturated carbocycles. The number of nitrogens with zero attached hydrogens (tertiary/aromatic N) is 1. The predicted molar refractivity (Wildman–Crippen MR) is 62.2 cm³/mol. The van der Waals surface area contributed by atoms with Crippen molar-refractivity contribution in [2.24, 2.45) is 0 Å². The molecule has 20 heavy (non-hydrogen) atoms. The number of carbonyl (C=O) groups excluding carboxylic acids is 1. The quantitative estimate of drug-likeness (QED) is 0.821. The summed E-state index contributed by atoms with van der Waals surface area (Å²) in [6, 6.07) is -1.49. The Morgan fingerprint density at radius 2 is 1.95 bits per heavy atom. The molecule has 6 nitrogen and oxygen atoms in total. The lowest BCUT2D eigenvalue weighted by molar-refractivity contribution is -0.203. The standard InChI is InChI=1S/C11H17F3N2O4/c1-6-7(4-5-20-6)16(3)9(19)15-10(2,8(17)18)11(12,13)14/h6-7H,4-5H2,1-3H3,(H,15,19)(H,17,18). The van der Waals surface area contributed by atoms with Crippen LogP contribution in [-0.4, -0.2) is 59.5 Å². The summed E-state index contributed by atoms with van der Waals surface area (Å²) in [7, 11) is 1.31. The fourth-order valence-electron chi connectivity index (χ4n) is 1.93. The summed E-state index contributed by atoms with van der Waals surface area (Å²) in [5.41, 5.74) is -3.33. The summed E-state index contributed by atoms with van der Waals surface area (Å²) < 4.78 is 43.6. The van der Waals surface area contributed by atoms with Gasteiger partial charge in [-0.25, -0.2) is 9.59 Å². The van der Waals surface area contributed by atoms with Crippen molar-refractivity contribution < 1.29 is 32.6 Å². The Morgan fingerprint density at radius 1 is 1.40 bits per heavy atom. The zero-order chi connectivity index (χ0) is 15.7. The predicted octanol–water partition coefficient (Wildman–Crippen LogP) is 1.21. The Kier molecular flexibility index (Phi) is 4.52. The molecule has 0 aromatic rings. The lowest BCUT2D eigenvalue weighted by Gasteiger charge is -2.33. The molecule has 3 atom stereocenters. The van der Waals surface area contributed by atoms with Gasteiger partial charge in [-0.3, -0.25) is 0 Å². The number of likely N-dealkylation sites (N-methyl/N-ethyl adjacent to an activating group) is 1. The van der Waals surface area contributed by atoms with Gasteiger partial charge in [-0.15, -0.1) is 0 Å². The Bertz CT molecular complexity index is 402. The number of aliphatic carboxylic acids is 1. The molecule has 0 aromatic heterocycles. The maximum absolute atomic E-state index is 12.8. The van der Waals surface area contributed by atoms with E-state index in [0.29, 0.717) is 20.0 Å². The molecule has 0 aliphatic carbocycles. The van der Waals surface area contributed by atoms with Crippen molar-refractivity contribution in [3.05, 3.63) is 0 Å². The molecule has 0 aromatic carbocycles. The van der Waals surface area contributed by atoms with Gasteiger partial charge < -0.3 is 20.1 Å². The van der Waals surface area contributed by atoms with Gasteiger partial charge in [-0.2, -0.15) is 13.2 Å². The number of hydrogen-bond donors (Lipinski definition) is 2. The van der Waals surface area contributed by atoms with Gasteiger partial charge >= 0.3 is 18.2 Å². The molecule has 1 aliphatic heterocycles. The second-order valence-corrected chi connectivity index (χ2v) is 4.90. The highest BCUT2D eigenvalue weighted by Crippen LogP contribution is 2.31. The highest BCUT2D eigenvalue weighted by atomic mass is 19.4. The van der Waals surface area contributed by atoms with Gasteiger partial charge in [0, 0.05) is 13.7 Å². The lowest BCUT2D eigenvalue weighted by atomic mass is 10.0. The van der Waals surface area contributed by atoms with Gasteiger partial charge in [0.15, 0.2) is 0 Å². The summed E-state index contributed by atoms with van der Waals surface area (Å²) in [5.74, 6) is -2.16. The molecule has 116 valence electrons. The summed E-state index contributed by atoms with van der Waals surface area (Å²) in [4.78, 5) is 23.7. The van der Waals surface area contributed by atoms with Crippen LogP contribution in [0, 0.1) is 0 Å². The van der Waals surface area contributed by atoms with Crippen molar-refractivity contribution in [3.63, 3.8) is 0 Å². The SMILES string of the molecule is CC1OCCC1N(C)C(=O)NC(C)(C(=O)O)C(F)(F)F. The van der Waals surface area contributed by atoms with E-state index in [1.807, 2.05) is 0 Å². The van der Waals surface area contributed by atoms with Crippen molar-refractivity contribution in [3.8, 4) is 0 Å². The Hall–Kier alpha value is -1.51. The molecule has 9 heteroatoms. The van der Waals surface area contributed by atoms with Crippen molar-refractivity contribution in [1.82, 2.24) is 10.2 Å². The highest BCUT2D eigenvalue weighted by molar-refractivity contribution is 5.86. The monoisotopic (exact) mass is 298 g/mol. The van der Waals surface area contributed by atoms with E-state index in [1.165, 1.54) is 12.4 Å². The van der Waals surface area contributed by atoms with Crippen LogP contribution >= 0.6 is 0 Å². The van der Waals surface area contributed by atoms with Crippen LogP contribution in [0.1, 0.15) is 20.3 Å². The first kappa shape index (κ1) is 16.5. The average Bonchev–Trinajstić information content (AvgIpc) is 2.72. The molecular weight excluding hydrogens is 281 g/mol. The third-order valence-electron chi connectivity index (χ3n) is 3.51. The Morgan fingerprint density at radius 3 is 2.30 bits per heavy atom. The molecule has 2 amide bonds. The van der Waals surface area contributed by atoms with Crippen LogP contribution < -0.4 is 5.32 Å². The van der Waals surface area contributed by atoms with Gasteiger partial charge in [-0.05, 0) is 20.3 Å². The molecule has 1 fully saturated rings. The van der Waals surface area contributed by atoms with Crippen LogP contribution in [0.5, 0.6) is 0 Å². The molecule has 0 spiro atoms. The van der Waals surface area contributed by atoms with Crippen molar-refractivity contribution in [2.75, 3.05) is 13.7 Å². The largest absolute Gasteiger partial charge is 0.479 e. The van der Waals surface area contributed by atoms with E-state index in [9.17, 15) is 22.8 Å². The van der Waals surface area contributed by atoms with Gasteiger partial charge in [0.2, 0.25) is 5.54 Å². The number of carbonyl (C=O) groups is 2. The maximum Gasteiger partial charge on any atom is 0.422 e. The first-order chi connectivity index (χ1) is 9.00. The van der Waals surface area contributed by atoms with E-state index < -0.39 is 23.7 Å². The topological polar surface area (TPSA) is 78.9 Å². The number of amides is 2. The van der Waals surface area contributed by atoms with Crippen LogP contribution in [0.2, 0.25) is 0 Å². The number of nitrogens with one attached hydrogen (secondary N) is 1. The second kappa shape index (κ2) is 5.47. The summed E-state index contributed by atoms with van der Waals surface area (Å²) in [6.07, 6.45) is -4.93. The number of rotatable bonds is 3. The second-order valence-electron chi connectivity index (χ2n) is 4.90. The number of carboxylic acids is 1. The van der Waals surface area contributed by atoms with Crippen LogP contribution in [0.25, 0.3) is 0 Å². The van der Waals surface area contributed by atoms with Crippen LogP contribution in [0.3, 0.4) is 0 Å². The third kappa shape index (κ3) is 2.97. The van der Waals surface area contributed by atoms with E-state index in [-0.39, 0.29) is 12.1 Å². The number of ether oxygens (including phenoxy) is 1. The fraction of sp³-hybridized carbons (Fsp3) is 0.818. The van der Waals surface area contributed by atoms with Crippen molar-refractivity contribution >= 4 is 12.0 Å². The molecule has 1 saturated heterocycles. The average molecular weight is 298 g/mol. The number of carboxylic acid groups (broad SMARTS) is 1. The van der Waals surface area contributed by atoms with Crippen molar-refractivity contribution in [1.29, 1.82) is 0 Å². The molecule has 1 rings (SSSR count). The molecule has 2 N–H and O–H groups in total. The summed E-state index contributed by atoms with van der Waals surface area (Å²) >= 11 is 0. The van der Waals surface area contributed by atoms with Crippen LogP contribution in [0.4, 0.5) is 18.0 Å². The van der Waals surface area contributed by atoms with Gasteiger partial charge in [-0.1, -0.05) is 0 Å². The molecule has 3 unspecified atom stereocenters. The number of halogens is 3. The van der Waals surface area contributed by atoms with Gasteiger partial charge in [0.25, 0.3) is 0 Å². The molecule has 1 heterocycles. The van der Waals surface area contributed by atoms with E-state index in [2.05, 4.69) is 0 Å². The fourth-order valence-corrected chi connectivity index (χ4v) is 1.93. The number of hydrogen-bond acceptors (Lipinski definition) is 3. The lowest BCUT2D eigenvalue weighted by Crippen LogP contribution is -2.64. The molecule has 0 radical (unpaired) electrons. The third-order valence-corrected chi connectivity index (χ3v) is 3.51. The number of urea groups is 1. The minimum absolute atomic E-state index is 0.312. The molecule has 1 aliphatic rings. The zero-order valence-electron chi connectivity index (χ0n) is 11.3. The molecule has 0 bridgehead atoms. The Balaban J connectivity index is 2.84.